The van der Waals surface area contributed by atoms with Crippen LogP contribution in [0.3, 0.4) is 0 Å². The predicted octanol–water partition coefficient (Wildman–Crippen LogP) is 3.39. The van der Waals surface area contributed by atoms with Gasteiger partial charge in [-0.15, -0.1) is 0 Å². The second-order valence-corrected chi connectivity index (χ2v) is 6.63. The molecule has 0 aliphatic carbocycles. The highest BCUT2D eigenvalue weighted by Crippen LogP contribution is 2.30. The Hall–Kier alpha value is -1.63. The molecule has 0 unspecified atom stereocenters. The van der Waals surface area contributed by atoms with Crippen molar-refractivity contribution in [3.63, 3.8) is 0 Å². The number of anilines is 2. The first-order chi connectivity index (χ1) is 9.83. The van der Waals surface area contributed by atoms with Gasteiger partial charge in [0.15, 0.2) is 0 Å². The first-order valence-corrected chi connectivity index (χ1v) is 7.99. The molecule has 2 aromatic rings. The average Bonchev–Trinajstić information content (AvgIpc) is 2.44. The third-order valence-electron chi connectivity index (χ3n) is 2.70. The van der Waals surface area contributed by atoms with E-state index < -0.39 is 10.0 Å². The number of sulfonamides is 1. The normalized spacial score (nSPS) is 11.2. The fraction of sp³-hybridized carbons (Fsp3) is 0.0769. The number of methoxy groups -OCH3 is 1. The number of hydrogen-bond donors (Lipinski definition) is 2. The maximum absolute atomic E-state index is 12.3. The van der Waals surface area contributed by atoms with Crippen molar-refractivity contribution in [2.75, 3.05) is 17.6 Å². The van der Waals surface area contributed by atoms with Crippen molar-refractivity contribution in [1.82, 2.24) is 0 Å². The van der Waals surface area contributed by atoms with E-state index in [0.29, 0.717) is 11.4 Å². The van der Waals surface area contributed by atoms with Gasteiger partial charge in [-0.3, -0.25) is 4.72 Å². The zero-order valence-corrected chi connectivity index (χ0v) is 13.3. The van der Waals surface area contributed by atoms with Gasteiger partial charge >= 0.3 is 0 Å². The lowest BCUT2D eigenvalue weighted by molar-refractivity contribution is 0.415. The summed E-state index contributed by atoms with van der Waals surface area (Å²) >= 11 is 11.8. The Morgan fingerprint density at radius 1 is 1.10 bits per heavy atom. The van der Waals surface area contributed by atoms with Crippen LogP contribution >= 0.6 is 23.2 Å². The van der Waals surface area contributed by atoms with Crippen LogP contribution in [0.25, 0.3) is 0 Å². The molecule has 0 amide bonds. The van der Waals surface area contributed by atoms with Crippen LogP contribution in [0.15, 0.2) is 41.3 Å². The van der Waals surface area contributed by atoms with Crippen LogP contribution in [0.5, 0.6) is 5.75 Å². The zero-order valence-electron chi connectivity index (χ0n) is 10.9. The van der Waals surface area contributed by atoms with Crippen molar-refractivity contribution in [3.8, 4) is 5.75 Å². The van der Waals surface area contributed by atoms with Gasteiger partial charge in [0, 0.05) is 6.07 Å². The van der Waals surface area contributed by atoms with Crippen LogP contribution in [0.1, 0.15) is 0 Å². The topological polar surface area (TPSA) is 81.4 Å². The summed E-state index contributed by atoms with van der Waals surface area (Å²) in [4.78, 5) is -0.0133. The summed E-state index contributed by atoms with van der Waals surface area (Å²) in [6.45, 7) is 0. The van der Waals surface area contributed by atoms with E-state index in [1.54, 1.807) is 6.07 Å². The van der Waals surface area contributed by atoms with Gasteiger partial charge in [0.2, 0.25) is 0 Å². The molecule has 0 atom stereocenters. The number of nitrogen functional groups attached to an aromatic ring is 1. The molecule has 0 aromatic heterocycles. The summed E-state index contributed by atoms with van der Waals surface area (Å²) in [5.41, 5.74) is 6.07. The first-order valence-electron chi connectivity index (χ1n) is 5.75. The summed E-state index contributed by atoms with van der Waals surface area (Å²) in [5.74, 6) is 0.479. The number of rotatable bonds is 4. The number of nitrogens with two attached hydrogens (primary N) is 1. The fourth-order valence-electron chi connectivity index (χ4n) is 1.59. The van der Waals surface area contributed by atoms with E-state index in [2.05, 4.69) is 4.72 Å². The predicted molar refractivity (Wildman–Crippen MR) is 84.7 cm³/mol. The van der Waals surface area contributed by atoms with Gasteiger partial charge in [0.1, 0.15) is 5.75 Å². The minimum Gasteiger partial charge on any atom is -0.497 e. The summed E-state index contributed by atoms with van der Waals surface area (Å²) in [7, 11) is -2.36. The second-order valence-electron chi connectivity index (χ2n) is 4.13. The van der Waals surface area contributed by atoms with Crippen LogP contribution in [0, 0.1) is 0 Å². The number of hydrogen-bond acceptors (Lipinski definition) is 4. The van der Waals surface area contributed by atoms with Crippen molar-refractivity contribution in [1.29, 1.82) is 0 Å². The highest BCUT2D eigenvalue weighted by molar-refractivity contribution is 7.92. The van der Waals surface area contributed by atoms with Gasteiger partial charge in [-0.05, 0) is 30.3 Å². The minimum atomic E-state index is -3.83. The second kappa shape index (κ2) is 6.01. The molecule has 0 aliphatic rings. The maximum Gasteiger partial charge on any atom is 0.261 e. The molecule has 0 radical (unpaired) electrons. The van der Waals surface area contributed by atoms with Crippen LogP contribution in [-0.4, -0.2) is 15.5 Å². The SMILES string of the molecule is COc1ccc(Cl)c(NS(=O)(=O)c2ccc(N)c(Cl)c2)c1. The number of benzene rings is 2. The maximum atomic E-state index is 12.3. The fourth-order valence-corrected chi connectivity index (χ4v) is 3.15. The molecule has 21 heavy (non-hydrogen) atoms. The van der Waals surface area contributed by atoms with Crippen molar-refractivity contribution in [2.24, 2.45) is 0 Å². The Morgan fingerprint density at radius 2 is 1.81 bits per heavy atom. The van der Waals surface area contributed by atoms with Crippen molar-refractivity contribution < 1.29 is 13.2 Å². The molecular formula is C13H12Cl2N2O3S. The van der Waals surface area contributed by atoms with Crippen LogP contribution in [0.2, 0.25) is 10.0 Å². The van der Waals surface area contributed by atoms with E-state index in [-0.39, 0.29) is 20.6 Å². The third-order valence-corrected chi connectivity index (χ3v) is 4.72. The highest BCUT2D eigenvalue weighted by Gasteiger charge is 2.17. The molecule has 0 spiro atoms. The van der Waals surface area contributed by atoms with Crippen molar-refractivity contribution in [2.45, 2.75) is 4.90 Å². The highest BCUT2D eigenvalue weighted by atomic mass is 35.5. The Labute approximate surface area is 132 Å². The van der Waals surface area contributed by atoms with Gasteiger partial charge in [0.25, 0.3) is 10.0 Å². The van der Waals surface area contributed by atoms with Gasteiger partial charge < -0.3 is 10.5 Å². The molecule has 0 bridgehead atoms. The Balaban J connectivity index is 2.39. The molecule has 0 saturated carbocycles. The number of nitrogens with one attached hydrogen (secondary N) is 1. The van der Waals surface area contributed by atoms with E-state index in [1.807, 2.05) is 0 Å². The third kappa shape index (κ3) is 3.53. The van der Waals surface area contributed by atoms with Gasteiger partial charge in [0.05, 0.1) is 33.4 Å². The lowest BCUT2D eigenvalue weighted by Crippen LogP contribution is -2.13. The van der Waals surface area contributed by atoms with Gasteiger partial charge in [-0.2, -0.15) is 0 Å². The number of halogens is 2. The molecule has 112 valence electrons. The average molecular weight is 347 g/mol. The van der Waals surface area contributed by atoms with Crippen LogP contribution in [0.4, 0.5) is 11.4 Å². The van der Waals surface area contributed by atoms with Crippen LogP contribution < -0.4 is 15.2 Å². The zero-order chi connectivity index (χ0) is 15.6. The largest absolute Gasteiger partial charge is 0.497 e. The molecule has 8 heteroatoms. The lowest BCUT2D eigenvalue weighted by atomic mass is 10.3. The molecule has 5 nitrogen and oxygen atoms in total. The Morgan fingerprint density at radius 3 is 2.43 bits per heavy atom. The molecule has 0 heterocycles. The minimum absolute atomic E-state index is 0.0133. The molecule has 3 N–H and O–H groups in total. The number of ether oxygens (including phenoxy) is 1. The van der Waals surface area contributed by atoms with E-state index >= 15 is 0 Å². The van der Waals surface area contributed by atoms with E-state index in [0.717, 1.165) is 0 Å². The molecule has 2 aromatic carbocycles. The molecule has 0 fully saturated rings. The molecule has 0 aliphatic heterocycles. The monoisotopic (exact) mass is 346 g/mol. The standard InChI is InChI=1S/C13H12Cl2N2O3S/c1-20-8-2-4-10(14)13(6-8)17-21(18,19)9-3-5-12(16)11(15)7-9/h2-7,17H,16H2,1H3. The Bertz CT molecular complexity index is 779. The smallest absolute Gasteiger partial charge is 0.261 e. The van der Waals surface area contributed by atoms with Crippen LogP contribution in [-0.2, 0) is 10.0 Å². The molecular weight excluding hydrogens is 335 g/mol. The van der Waals surface area contributed by atoms with E-state index in [1.165, 1.54) is 37.4 Å². The van der Waals surface area contributed by atoms with Gasteiger partial charge in [-0.1, -0.05) is 23.2 Å². The summed E-state index contributed by atoms with van der Waals surface area (Å²) in [5, 5.41) is 0.413. The van der Waals surface area contributed by atoms with E-state index in [4.69, 9.17) is 33.7 Å². The van der Waals surface area contributed by atoms with Crippen molar-refractivity contribution >= 4 is 44.6 Å². The lowest BCUT2D eigenvalue weighted by Gasteiger charge is -2.11. The van der Waals surface area contributed by atoms with Crippen molar-refractivity contribution in [3.05, 3.63) is 46.4 Å². The first kappa shape index (κ1) is 15.8. The Kier molecular flexibility index (Phi) is 4.51. The molecule has 2 rings (SSSR count). The van der Waals surface area contributed by atoms with E-state index in [9.17, 15) is 8.42 Å². The summed E-state index contributed by atoms with van der Waals surface area (Å²) < 4.78 is 32.0. The summed E-state index contributed by atoms with van der Waals surface area (Å²) in [6, 6.07) is 8.70. The summed E-state index contributed by atoms with van der Waals surface area (Å²) in [6.07, 6.45) is 0. The quantitative estimate of drug-likeness (QED) is 0.831. The molecule has 0 saturated heterocycles. The van der Waals surface area contributed by atoms with Gasteiger partial charge in [-0.25, -0.2) is 8.42 Å².